The minimum Gasteiger partial charge on any atom is -0.376 e. The SMILES string of the molecule is c1cn(CC2COCCO2)c(NC2CC2)n1. The Morgan fingerprint density at radius 1 is 1.44 bits per heavy atom. The van der Waals surface area contributed by atoms with E-state index in [-0.39, 0.29) is 6.10 Å². The molecule has 5 nitrogen and oxygen atoms in total. The second-order valence-electron chi connectivity index (χ2n) is 4.39. The Morgan fingerprint density at radius 3 is 3.12 bits per heavy atom. The van der Waals surface area contributed by atoms with Crippen LogP contribution in [0.15, 0.2) is 12.4 Å². The minimum absolute atomic E-state index is 0.155. The van der Waals surface area contributed by atoms with Crippen LogP contribution in [0.2, 0.25) is 0 Å². The van der Waals surface area contributed by atoms with Gasteiger partial charge in [-0.15, -0.1) is 0 Å². The van der Waals surface area contributed by atoms with E-state index < -0.39 is 0 Å². The highest BCUT2D eigenvalue weighted by molar-refractivity contribution is 5.29. The Balaban J connectivity index is 1.61. The minimum atomic E-state index is 0.155. The molecule has 1 saturated carbocycles. The van der Waals surface area contributed by atoms with E-state index in [1.807, 2.05) is 12.4 Å². The van der Waals surface area contributed by atoms with Gasteiger partial charge in [0.1, 0.15) is 0 Å². The summed E-state index contributed by atoms with van der Waals surface area (Å²) in [6.07, 6.45) is 6.49. The molecule has 2 heterocycles. The van der Waals surface area contributed by atoms with E-state index >= 15 is 0 Å². The highest BCUT2D eigenvalue weighted by atomic mass is 16.6. The molecule has 5 heteroatoms. The van der Waals surface area contributed by atoms with Gasteiger partial charge in [-0.25, -0.2) is 4.98 Å². The molecule has 3 rings (SSSR count). The van der Waals surface area contributed by atoms with Crippen LogP contribution in [0.4, 0.5) is 5.95 Å². The maximum absolute atomic E-state index is 5.63. The monoisotopic (exact) mass is 223 g/mol. The van der Waals surface area contributed by atoms with E-state index in [4.69, 9.17) is 9.47 Å². The summed E-state index contributed by atoms with van der Waals surface area (Å²) < 4.78 is 13.1. The van der Waals surface area contributed by atoms with Gasteiger partial charge in [-0.3, -0.25) is 0 Å². The van der Waals surface area contributed by atoms with E-state index in [0.717, 1.165) is 12.5 Å². The zero-order valence-corrected chi connectivity index (χ0v) is 9.26. The number of hydrogen-bond donors (Lipinski definition) is 1. The van der Waals surface area contributed by atoms with Crippen molar-refractivity contribution in [3.8, 4) is 0 Å². The number of aromatic nitrogens is 2. The lowest BCUT2D eigenvalue weighted by molar-refractivity contribution is -0.0934. The third-order valence-electron chi connectivity index (χ3n) is 2.91. The molecule has 0 radical (unpaired) electrons. The number of nitrogens with zero attached hydrogens (tertiary/aromatic N) is 2. The summed E-state index contributed by atoms with van der Waals surface area (Å²) in [5.41, 5.74) is 0. The quantitative estimate of drug-likeness (QED) is 0.823. The van der Waals surface area contributed by atoms with Crippen molar-refractivity contribution in [1.82, 2.24) is 9.55 Å². The molecular weight excluding hydrogens is 206 g/mol. The molecule has 0 spiro atoms. The summed E-state index contributed by atoms with van der Waals surface area (Å²) in [7, 11) is 0. The van der Waals surface area contributed by atoms with Crippen molar-refractivity contribution < 1.29 is 9.47 Å². The van der Waals surface area contributed by atoms with E-state index in [9.17, 15) is 0 Å². The number of nitrogens with one attached hydrogen (secondary N) is 1. The van der Waals surface area contributed by atoms with Crippen LogP contribution in [0.1, 0.15) is 12.8 Å². The second kappa shape index (κ2) is 4.43. The van der Waals surface area contributed by atoms with Crippen LogP contribution in [0, 0.1) is 0 Å². The van der Waals surface area contributed by atoms with Crippen LogP contribution < -0.4 is 5.32 Å². The lowest BCUT2D eigenvalue weighted by Gasteiger charge is -2.23. The number of rotatable bonds is 4. The van der Waals surface area contributed by atoms with Crippen molar-refractivity contribution in [3.05, 3.63) is 12.4 Å². The smallest absolute Gasteiger partial charge is 0.203 e. The largest absolute Gasteiger partial charge is 0.376 e. The highest BCUT2D eigenvalue weighted by Gasteiger charge is 2.23. The second-order valence-corrected chi connectivity index (χ2v) is 4.39. The zero-order chi connectivity index (χ0) is 10.8. The Labute approximate surface area is 94.8 Å². The lowest BCUT2D eigenvalue weighted by atomic mass is 10.3. The molecule has 1 aromatic rings. The molecule has 88 valence electrons. The topological polar surface area (TPSA) is 48.3 Å². The first-order chi connectivity index (χ1) is 7.92. The summed E-state index contributed by atoms with van der Waals surface area (Å²) >= 11 is 0. The zero-order valence-electron chi connectivity index (χ0n) is 9.26. The van der Waals surface area contributed by atoms with Gasteiger partial charge in [-0.2, -0.15) is 0 Å². The molecular formula is C11H17N3O2. The van der Waals surface area contributed by atoms with Crippen molar-refractivity contribution in [2.24, 2.45) is 0 Å². The van der Waals surface area contributed by atoms with Gasteiger partial charge in [0, 0.05) is 18.4 Å². The predicted molar refractivity (Wildman–Crippen MR) is 59.4 cm³/mol. The first kappa shape index (κ1) is 10.1. The average Bonchev–Trinajstić information content (AvgIpc) is 3.02. The first-order valence-electron chi connectivity index (χ1n) is 5.89. The fourth-order valence-corrected chi connectivity index (χ4v) is 1.87. The van der Waals surface area contributed by atoms with Gasteiger partial charge < -0.3 is 19.4 Å². The van der Waals surface area contributed by atoms with Crippen LogP contribution in [0.3, 0.4) is 0 Å². The normalized spacial score (nSPS) is 25.6. The van der Waals surface area contributed by atoms with Crippen molar-refractivity contribution in [3.63, 3.8) is 0 Å². The van der Waals surface area contributed by atoms with Crippen LogP contribution >= 0.6 is 0 Å². The number of imidazole rings is 1. The van der Waals surface area contributed by atoms with Gasteiger partial charge in [0.25, 0.3) is 0 Å². The maximum atomic E-state index is 5.63. The number of ether oxygens (including phenoxy) is 2. The molecule has 16 heavy (non-hydrogen) atoms. The van der Waals surface area contributed by atoms with Crippen LogP contribution in [0.5, 0.6) is 0 Å². The Bertz CT molecular complexity index is 343. The molecule has 0 aromatic carbocycles. The van der Waals surface area contributed by atoms with Gasteiger partial charge >= 0.3 is 0 Å². The van der Waals surface area contributed by atoms with E-state index in [2.05, 4.69) is 14.9 Å². The molecule has 1 aromatic heterocycles. The molecule has 2 fully saturated rings. The van der Waals surface area contributed by atoms with E-state index in [0.29, 0.717) is 25.9 Å². The Kier molecular flexibility index (Phi) is 2.80. The standard InChI is InChI=1S/C11H17N3O2/c1-2-9(1)13-11-12-3-4-14(11)7-10-8-15-5-6-16-10/h3-4,9-10H,1-2,5-8H2,(H,12,13). The summed E-state index contributed by atoms with van der Waals surface area (Å²) in [5.74, 6) is 0.955. The molecule has 1 atom stereocenters. The van der Waals surface area contributed by atoms with Gasteiger partial charge in [-0.1, -0.05) is 0 Å². The van der Waals surface area contributed by atoms with Crippen molar-refractivity contribution >= 4 is 5.95 Å². The molecule has 1 saturated heterocycles. The summed E-state index contributed by atoms with van der Waals surface area (Å²) in [6.45, 7) is 2.91. The molecule has 0 amide bonds. The molecule has 0 bridgehead atoms. The average molecular weight is 223 g/mol. The third-order valence-corrected chi connectivity index (χ3v) is 2.91. The summed E-state index contributed by atoms with van der Waals surface area (Å²) in [4.78, 5) is 4.32. The molecule has 1 aliphatic carbocycles. The van der Waals surface area contributed by atoms with Crippen molar-refractivity contribution in [1.29, 1.82) is 0 Å². The van der Waals surface area contributed by atoms with Crippen LogP contribution in [0.25, 0.3) is 0 Å². The van der Waals surface area contributed by atoms with E-state index in [1.165, 1.54) is 12.8 Å². The maximum Gasteiger partial charge on any atom is 0.203 e. The van der Waals surface area contributed by atoms with E-state index in [1.54, 1.807) is 0 Å². The fraction of sp³-hybridized carbons (Fsp3) is 0.727. The molecule has 1 unspecified atom stereocenters. The summed E-state index contributed by atoms with van der Waals surface area (Å²) in [6, 6.07) is 0.629. The van der Waals surface area contributed by atoms with Crippen LogP contribution in [-0.2, 0) is 16.0 Å². The molecule has 1 N–H and O–H groups in total. The predicted octanol–water partition coefficient (Wildman–Crippen LogP) is 0.873. The lowest BCUT2D eigenvalue weighted by Crippen LogP contribution is -2.32. The third kappa shape index (κ3) is 2.36. The van der Waals surface area contributed by atoms with Crippen molar-refractivity contribution in [2.75, 3.05) is 25.1 Å². The Hall–Kier alpha value is -1.07. The van der Waals surface area contributed by atoms with Crippen LogP contribution in [-0.4, -0.2) is 41.5 Å². The van der Waals surface area contributed by atoms with Crippen molar-refractivity contribution in [2.45, 2.75) is 31.5 Å². The van der Waals surface area contributed by atoms with Gasteiger partial charge in [-0.05, 0) is 12.8 Å². The van der Waals surface area contributed by atoms with Gasteiger partial charge in [0.05, 0.1) is 32.5 Å². The molecule has 1 aliphatic heterocycles. The number of hydrogen-bond acceptors (Lipinski definition) is 4. The summed E-state index contributed by atoms with van der Waals surface area (Å²) in [5, 5.41) is 3.41. The fourth-order valence-electron chi connectivity index (χ4n) is 1.87. The van der Waals surface area contributed by atoms with Gasteiger partial charge in [0.15, 0.2) is 0 Å². The number of anilines is 1. The first-order valence-corrected chi connectivity index (χ1v) is 5.89. The van der Waals surface area contributed by atoms with Gasteiger partial charge in [0.2, 0.25) is 5.95 Å². The Morgan fingerprint density at radius 2 is 2.38 bits per heavy atom. The molecule has 2 aliphatic rings. The highest BCUT2D eigenvalue weighted by Crippen LogP contribution is 2.24.